The number of rotatable bonds is 12. The zero-order valence-electron chi connectivity index (χ0n) is 30.4. The third-order valence-corrected chi connectivity index (χ3v) is 10.2. The van der Waals surface area contributed by atoms with Crippen molar-refractivity contribution in [1.29, 1.82) is 0 Å². The lowest BCUT2D eigenvalue weighted by Crippen LogP contribution is -2.40. The summed E-state index contributed by atoms with van der Waals surface area (Å²) in [6.07, 6.45) is 3.90. The first-order valence-corrected chi connectivity index (χ1v) is 18.3. The van der Waals surface area contributed by atoms with Crippen molar-refractivity contribution in [3.05, 3.63) is 239 Å². The number of aromatic nitrogens is 4. The van der Waals surface area contributed by atoms with Crippen LogP contribution in [0.3, 0.4) is 0 Å². The van der Waals surface area contributed by atoms with Crippen molar-refractivity contribution in [2.45, 2.75) is 31.2 Å². The highest BCUT2D eigenvalue weighted by molar-refractivity contribution is 5.66. The average molecular weight is 721 g/mol. The number of carbonyl (C=O) groups excluding carboxylic acids is 1. The second-order valence-electron chi connectivity index (χ2n) is 13.4. The van der Waals surface area contributed by atoms with E-state index in [1.54, 1.807) is 0 Å². The highest BCUT2D eigenvalue weighted by Gasteiger charge is 2.44. The maximum atomic E-state index is 12.2. The van der Waals surface area contributed by atoms with E-state index in [-0.39, 0.29) is 13.2 Å². The van der Waals surface area contributed by atoms with Gasteiger partial charge in [0.1, 0.15) is 17.7 Å². The van der Waals surface area contributed by atoms with E-state index in [0.717, 1.165) is 33.4 Å². The van der Waals surface area contributed by atoms with Gasteiger partial charge in [0, 0.05) is 19.3 Å². The fourth-order valence-electron chi connectivity index (χ4n) is 7.92. The summed E-state index contributed by atoms with van der Waals surface area (Å²) in [5, 5.41) is 10.9. The van der Waals surface area contributed by atoms with Gasteiger partial charge >= 0.3 is 5.97 Å². The number of carbonyl (C=O) groups is 1. The third kappa shape index (κ3) is 6.24. The van der Waals surface area contributed by atoms with Crippen molar-refractivity contribution < 1.29 is 14.6 Å². The largest absolute Gasteiger partial charge is 0.459 e. The number of imidazole rings is 2. The highest BCUT2D eigenvalue weighted by Crippen LogP contribution is 2.47. The number of hydrogen-bond acceptors (Lipinski definition) is 5. The summed E-state index contributed by atoms with van der Waals surface area (Å²) in [6.45, 7) is 1.06. The lowest BCUT2D eigenvalue weighted by atomic mass is 9.76. The van der Waals surface area contributed by atoms with Gasteiger partial charge in [-0.3, -0.25) is 4.79 Å². The summed E-state index contributed by atoms with van der Waals surface area (Å²) in [6, 6.07) is 62.2. The third-order valence-electron chi connectivity index (χ3n) is 10.2. The van der Waals surface area contributed by atoms with Crippen molar-refractivity contribution in [3.63, 3.8) is 0 Å². The Labute approximate surface area is 320 Å². The van der Waals surface area contributed by atoms with Crippen LogP contribution in [0.4, 0.5) is 0 Å². The van der Waals surface area contributed by atoms with Gasteiger partial charge in [-0.25, -0.2) is 9.97 Å². The summed E-state index contributed by atoms with van der Waals surface area (Å²) in [5.74, 6) is 0.629. The van der Waals surface area contributed by atoms with Gasteiger partial charge in [-0.1, -0.05) is 182 Å². The number of hydrogen-bond donors (Lipinski definition) is 1. The SMILES string of the molecule is CC(=O)OCc1cn(C(c2ccccc2)(c2ccccc2)c2ccccc2)c(-c2nc(CO)cn2C(c2ccccc2)(c2ccccc2)c2ccccc2)n1. The first-order valence-electron chi connectivity index (χ1n) is 18.3. The van der Waals surface area contributed by atoms with Crippen LogP contribution in [0.5, 0.6) is 0 Å². The molecule has 0 aliphatic rings. The quantitative estimate of drug-likeness (QED) is 0.101. The van der Waals surface area contributed by atoms with Crippen molar-refractivity contribution >= 4 is 5.97 Å². The lowest BCUT2D eigenvalue weighted by Gasteiger charge is -2.40. The van der Waals surface area contributed by atoms with Crippen LogP contribution in [0.15, 0.2) is 194 Å². The van der Waals surface area contributed by atoms with E-state index in [0.29, 0.717) is 23.0 Å². The van der Waals surface area contributed by atoms with Crippen LogP contribution in [0, 0.1) is 0 Å². The van der Waals surface area contributed by atoms with Crippen molar-refractivity contribution in [2.24, 2.45) is 0 Å². The molecule has 0 saturated carbocycles. The summed E-state index contributed by atoms with van der Waals surface area (Å²) >= 11 is 0. The molecule has 0 aliphatic carbocycles. The Kier molecular flexibility index (Phi) is 9.77. The Morgan fingerprint density at radius 3 is 1.04 bits per heavy atom. The molecular formula is C48H40N4O3. The van der Waals surface area contributed by atoms with E-state index < -0.39 is 17.0 Å². The van der Waals surface area contributed by atoms with Crippen LogP contribution in [0.2, 0.25) is 0 Å². The molecule has 7 nitrogen and oxygen atoms in total. The Balaban J connectivity index is 1.54. The zero-order valence-corrected chi connectivity index (χ0v) is 30.4. The Hall–Kier alpha value is -6.83. The van der Waals surface area contributed by atoms with Gasteiger partial charge in [0.25, 0.3) is 0 Å². The monoisotopic (exact) mass is 720 g/mol. The van der Waals surface area contributed by atoms with Gasteiger partial charge in [-0.15, -0.1) is 0 Å². The topological polar surface area (TPSA) is 82.2 Å². The molecule has 270 valence electrons. The molecule has 8 aromatic rings. The van der Waals surface area contributed by atoms with Gasteiger partial charge in [0.2, 0.25) is 0 Å². The predicted octanol–water partition coefficient (Wildman–Crippen LogP) is 8.98. The molecule has 6 aromatic carbocycles. The minimum Gasteiger partial charge on any atom is -0.459 e. The molecule has 55 heavy (non-hydrogen) atoms. The molecule has 1 N–H and O–H groups in total. The molecule has 0 bridgehead atoms. The minimum atomic E-state index is -0.981. The van der Waals surface area contributed by atoms with Gasteiger partial charge in [-0.2, -0.15) is 0 Å². The summed E-state index contributed by atoms with van der Waals surface area (Å²) in [5.41, 5.74) is 5.03. The molecule has 2 heterocycles. The fourth-order valence-corrected chi connectivity index (χ4v) is 7.92. The number of nitrogens with zero attached hydrogens (tertiary/aromatic N) is 4. The summed E-state index contributed by atoms with van der Waals surface area (Å²) in [4.78, 5) is 22.8. The molecule has 7 heteroatoms. The number of aliphatic hydroxyl groups is 1. The van der Waals surface area contributed by atoms with Crippen LogP contribution < -0.4 is 0 Å². The Morgan fingerprint density at radius 1 is 0.491 bits per heavy atom. The Morgan fingerprint density at radius 2 is 0.764 bits per heavy atom. The van der Waals surface area contributed by atoms with E-state index in [4.69, 9.17) is 14.7 Å². The predicted molar refractivity (Wildman–Crippen MR) is 214 cm³/mol. The smallest absolute Gasteiger partial charge is 0.303 e. The average Bonchev–Trinajstić information content (AvgIpc) is 3.88. The molecule has 0 amide bonds. The van der Waals surface area contributed by atoms with E-state index in [9.17, 15) is 9.90 Å². The molecule has 0 spiro atoms. The second-order valence-corrected chi connectivity index (χ2v) is 13.4. The van der Waals surface area contributed by atoms with Crippen LogP contribution >= 0.6 is 0 Å². The van der Waals surface area contributed by atoms with Crippen LogP contribution in [-0.4, -0.2) is 30.2 Å². The van der Waals surface area contributed by atoms with Gasteiger partial charge in [0.05, 0.1) is 18.0 Å². The molecule has 2 aromatic heterocycles. The summed E-state index contributed by atoms with van der Waals surface area (Å²) in [7, 11) is 0. The van der Waals surface area contributed by atoms with E-state index in [1.807, 2.05) is 122 Å². The zero-order chi connectivity index (χ0) is 37.7. The molecule has 0 radical (unpaired) electrons. The molecule has 0 unspecified atom stereocenters. The lowest BCUT2D eigenvalue weighted by molar-refractivity contribution is -0.142. The normalized spacial score (nSPS) is 11.7. The first-order chi connectivity index (χ1) is 27.1. The van der Waals surface area contributed by atoms with E-state index >= 15 is 0 Å². The first kappa shape index (κ1) is 35.2. The fraction of sp³-hybridized carbons (Fsp3) is 0.104. The number of benzene rings is 6. The molecule has 0 atom stereocenters. The maximum absolute atomic E-state index is 12.2. The molecule has 0 saturated heterocycles. The molecular weight excluding hydrogens is 681 g/mol. The van der Waals surface area contributed by atoms with E-state index in [2.05, 4.69) is 81.9 Å². The molecule has 8 rings (SSSR count). The van der Waals surface area contributed by atoms with Gasteiger partial charge in [0.15, 0.2) is 11.6 Å². The van der Waals surface area contributed by atoms with Gasteiger partial charge < -0.3 is 19.0 Å². The number of aliphatic hydroxyl groups excluding tert-OH is 1. The minimum absolute atomic E-state index is 0.0431. The second kappa shape index (κ2) is 15.3. The van der Waals surface area contributed by atoms with Crippen molar-refractivity contribution in [3.8, 4) is 11.6 Å². The van der Waals surface area contributed by atoms with Crippen LogP contribution in [0.1, 0.15) is 51.7 Å². The highest BCUT2D eigenvalue weighted by atomic mass is 16.5. The number of ether oxygens (including phenoxy) is 1. The maximum Gasteiger partial charge on any atom is 0.303 e. The van der Waals surface area contributed by atoms with Crippen LogP contribution in [0.25, 0.3) is 11.6 Å². The molecule has 0 aliphatic heterocycles. The Bertz CT molecular complexity index is 2290. The van der Waals surface area contributed by atoms with Crippen molar-refractivity contribution in [2.75, 3.05) is 0 Å². The molecule has 0 fully saturated rings. The summed E-state index contributed by atoms with van der Waals surface area (Å²) < 4.78 is 9.93. The standard InChI is InChI=1S/C48H40N4O3/c1-36(54)55-35-44-33-52(48(40-26-14-5-15-27-40,41-28-16-6-17-29-41)42-30-18-7-19-31-42)46(50-44)45-49-43(34-53)32-51(45)47(37-20-8-2-9-21-37,38-22-10-3-11-23-38)39-24-12-4-13-25-39/h2-33,53H,34-35H2,1H3. The van der Waals surface area contributed by atoms with Gasteiger partial charge in [-0.05, 0) is 33.4 Å². The van der Waals surface area contributed by atoms with Crippen molar-refractivity contribution in [1.82, 2.24) is 19.1 Å². The van der Waals surface area contributed by atoms with E-state index in [1.165, 1.54) is 6.92 Å². The van der Waals surface area contributed by atoms with Crippen LogP contribution in [-0.2, 0) is 33.8 Å². The number of esters is 1.